The van der Waals surface area contributed by atoms with Crippen molar-refractivity contribution in [2.24, 2.45) is 0 Å². The predicted octanol–water partition coefficient (Wildman–Crippen LogP) is 5.46. The molecule has 8 nitrogen and oxygen atoms in total. The van der Waals surface area contributed by atoms with E-state index in [-0.39, 0.29) is 22.5 Å². The van der Waals surface area contributed by atoms with Gasteiger partial charge >= 0.3 is 6.61 Å². The predicted molar refractivity (Wildman–Crippen MR) is 139 cm³/mol. The number of halogens is 3. The van der Waals surface area contributed by atoms with Crippen LogP contribution in [0, 0.1) is 0 Å². The maximum absolute atomic E-state index is 12.9. The van der Waals surface area contributed by atoms with Crippen molar-refractivity contribution in [1.82, 2.24) is 14.9 Å². The van der Waals surface area contributed by atoms with Crippen molar-refractivity contribution in [1.29, 1.82) is 0 Å². The van der Waals surface area contributed by atoms with Gasteiger partial charge in [-0.3, -0.25) is 0 Å². The van der Waals surface area contributed by atoms with Gasteiger partial charge in [0.1, 0.15) is 23.7 Å². The van der Waals surface area contributed by atoms with Gasteiger partial charge in [-0.1, -0.05) is 11.6 Å². The molecule has 0 aliphatic carbocycles. The van der Waals surface area contributed by atoms with E-state index in [2.05, 4.69) is 37.3 Å². The molecule has 0 bridgehead atoms. The van der Waals surface area contributed by atoms with Crippen LogP contribution in [-0.4, -0.2) is 55.5 Å². The summed E-state index contributed by atoms with van der Waals surface area (Å²) < 4.78 is 48.3. The molecule has 0 spiro atoms. The van der Waals surface area contributed by atoms with Crippen LogP contribution >= 0.6 is 18.7 Å². The third-order valence-corrected chi connectivity index (χ3v) is 7.55. The lowest BCUT2D eigenvalue weighted by Gasteiger charge is -2.26. The highest BCUT2D eigenvalue weighted by atomic mass is 35.5. The standard InChI is InChI=1S/C24H27ClF2N5O3P/c1-32-8-7-14-9-19(20(34-2)10-15(14)13-32)30-24-28-12-17(25)22(31-24)29-18-6-5-16(35-23(26)27)11-21(18)36(3,4)33/h5-6,9-12,23H,7-8,13H2,1-4H3,(H2,28,29,30,31). The van der Waals surface area contributed by atoms with E-state index in [4.69, 9.17) is 16.3 Å². The quantitative estimate of drug-likeness (QED) is 0.366. The van der Waals surface area contributed by atoms with E-state index in [0.717, 1.165) is 25.2 Å². The second kappa shape index (κ2) is 10.6. The monoisotopic (exact) mass is 537 g/mol. The summed E-state index contributed by atoms with van der Waals surface area (Å²) in [6, 6.07) is 8.24. The van der Waals surface area contributed by atoms with Gasteiger partial charge in [0.2, 0.25) is 5.95 Å². The summed E-state index contributed by atoms with van der Waals surface area (Å²) in [6.45, 7) is 1.89. The first-order valence-electron chi connectivity index (χ1n) is 11.1. The third kappa shape index (κ3) is 6.06. The first-order valence-corrected chi connectivity index (χ1v) is 14.1. The smallest absolute Gasteiger partial charge is 0.387 e. The molecule has 0 fully saturated rings. The Hall–Kier alpha value is -2.94. The summed E-state index contributed by atoms with van der Waals surface area (Å²) in [5.74, 6) is 1.09. The minimum Gasteiger partial charge on any atom is -0.495 e. The highest BCUT2D eigenvalue weighted by Crippen LogP contribution is 2.40. The molecule has 12 heteroatoms. The number of nitrogens with one attached hydrogen (secondary N) is 2. The topological polar surface area (TPSA) is 88.6 Å². The Balaban J connectivity index is 1.64. The number of nitrogens with zero attached hydrogens (tertiary/aromatic N) is 3. The fourth-order valence-electron chi connectivity index (χ4n) is 4.00. The Morgan fingerprint density at radius 1 is 1.14 bits per heavy atom. The van der Waals surface area contributed by atoms with Crippen LogP contribution in [0.4, 0.5) is 31.9 Å². The minimum absolute atomic E-state index is 0.0867. The Morgan fingerprint density at radius 3 is 2.61 bits per heavy atom. The molecule has 0 radical (unpaired) electrons. The number of alkyl halides is 2. The molecule has 1 aliphatic heterocycles. The van der Waals surface area contributed by atoms with E-state index in [9.17, 15) is 13.3 Å². The molecule has 1 aliphatic rings. The number of methoxy groups -OCH3 is 1. The zero-order valence-electron chi connectivity index (χ0n) is 20.3. The maximum atomic E-state index is 12.9. The van der Waals surface area contributed by atoms with Gasteiger partial charge in [-0.05, 0) is 68.3 Å². The molecule has 36 heavy (non-hydrogen) atoms. The van der Waals surface area contributed by atoms with Crippen LogP contribution in [-0.2, 0) is 17.5 Å². The fourth-order valence-corrected chi connectivity index (χ4v) is 5.28. The summed E-state index contributed by atoms with van der Waals surface area (Å²) in [5.41, 5.74) is 3.56. The molecular formula is C24H27ClF2N5O3P. The van der Waals surface area contributed by atoms with Gasteiger partial charge in [-0.25, -0.2) is 4.98 Å². The van der Waals surface area contributed by atoms with Crippen molar-refractivity contribution < 1.29 is 22.8 Å². The average Bonchev–Trinajstić information content (AvgIpc) is 2.80. The van der Waals surface area contributed by atoms with Crippen LogP contribution in [0.3, 0.4) is 0 Å². The van der Waals surface area contributed by atoms with E-state index in [1.807, 2.05) is 12.1 Å². The number of aromatic nitrogens is 2. The maximum Gasteiger partial charge on any atom is 0.387 e. The number of ether oxygens (including phenoxy) is 2. The molecular weight excluding hydrogens is 511 g/mol. The summed E-state index contributed by atoms with van der Waals surface area (Å²) in [4.78, 5) is 11.0. The number of anilines is 4. The zero-order chi connectivity index (χ0) is 26.0. The number of hydrogen-bond acceptors (Lipinski definition) is 8. The number of likely N-dealkylation sites (N-methyl/N-ethyl adjacent to an activating group) is 1. The van der Waals surface area contributed by atoms with Crippen molar-refractivity contribution in [2.75, 3.05) is 44.7 Å². The molecule has 1 aromatic heterocycles. The van der Waals surface area contributed by atoms with Crippen LogP contribution < -0.4 is 25.4 Å². The largest absolute Gasteiger partial charge is 0.495 e. The highest BCUT2D eigenvalue weighted by Gasteiger charge is 2.21. The highest BCUT2D eigenvalue weighted by molar-refractivity contribution is 7.70. The molecule has 4 rings (SSSR count). The first kappa shape index (κ1) is 26.1. The van der Waals surface area contributed by atoms with Gasteiger partial charge in [-0.2, -0.15) is 13.8 Å². The van der Waals surface area contributed by atoms with E-state index in [1.165, 1.54) is 48.9 Å². The van der Waals surface area contributed by atoms with Gasteiger partial charge in [0, 0.05) is 18.4 Å². The minimum atomic E-state index is -2.99. The van der Waals surface area contributed by atoms with Crippen LogP contribution in [0.1, 0.15) is 11.1 Å². The van der Waals surface area contributed by atoms with Crippen molar-refractivity contribution in [3.05, 3.63) is 52.7 Å². The van der Waals surface area contributed by atoms with Crippen molar-refractivity contribution >= 4 is 47.2 Å². The van der Waals surface area contributed by atoms with E-state index in [1.54, 1.807) is 7.11 Å². The molecule has 0 atom stereocenters. The number of hydrogen-bond donors (Lipinski definition) is 2. The van der Waals surface area contributed by atoms with Crippen molar-refractivity contribution in [2.45, 2.75) is 19.6 Å². The Kier molecular flexibility index (Phi) is 7.68. The Bertz CT molecular complexity index is 1320. The van der Waals surface area contributed by atoms with Crippen LogP contribution in [0.25, 0.3) is 0 Å². The summed E-state index contributed by atoms with van der Waals surface area (Å²) in [7, 11) is 0.804. The Labute approximate surface area is 213 Å². The molecule has 3 aromatic rings. The number of benzene rings is 2. The molecule has 0 saturated carbocycles. The fraction of sp³-hybridized carbons (Fsp3) is 0.333. The summed E-state index contributed by atoms with van der Waals surface area (Å²) in [5, 5.41) is 6.81. The SMILES string of the molecule is COc1cc2c(cc1Nc1ncc(Cl)c(Nc3ccc(OC(F)F)cc3P(C)(C)=O)n1)CCN(C)C2. The second-order valence-corrected chi connectivity index (χ2v) is 12.4. The van der Waals surface area contributed by atoms with E-state index >= 15 is 0 Å². The summed E-state index contributed by atoms with van der Waals surface area (Å²) >= 11 is 6.35. The normalized spacial score (nSPS) is 13.9. The molecule has 0 amide bonds. The molecule has 192 valence electrons. The van der Waals surface area contributed by atoms with Crippen molar-refractivity contribution in [3.63, 3.8) is 0 Å². The van der Waals surface area contributed by atoms with E-state index in [0.29, 0.717) is 16.7 Å². The van der Waals surface area contributed by atoms with Crippen LogP contribution in [0.15, 0.2) is 36.5 Å². The van der Waals surface area contributed by atoms with Crippen molar-refractivity contribution in [3.8, 4) is 11.5 Å². The lowest BCUT2D eigenvalue weighted by Crippen LogP contribution is -2.26. The van der Waals surface area contributed by atoms with E-state index < -0.39 is 13.8 Å². The Morgan fingerprint density at radius 2 is 1.92 bits per heavy atom. The molecule has 2 heterocycles. The third-order valence-electron chi connectivity index (χ3n) is 5.74. The zero-order valence-corrected chi connectivity index (χ0v) is 22.0. The number of rotatable bonds is 8. The van der Waals surface area contributed by atoms with Gasteiger partial charge in [-0.15, -0.1) is 0 Å². The molecule has 2 aromatic carbocycles. The molecule has 0 saturated heterocycles. The van der Waals surface area contributed by atoms with Gasteiger partial charge in [0.15, 0.2) is 5.82 Å². The average molecular weight is 538 g/mol. The van der Waals surface area contributed by atoms with Crippen LogP contribution in [0.2, 0.25) is 5.02 Å². The number of fused-ring (bicyclic) bond motifs is 1. The molecule has 0 unspecified atom stereocenters. The summed E-state index contributed by atoms with van der Waals surface area (Å²) in [6.07, 6.45) is 2.35. The molecule has 2 N–H and O–H groups in total. The first-order chi connectivity index (χ1) is 17.0. The second-order valence-electron chi connectivity index (χ2n) is 8.86. The van der Waals surface area contributed by atoms with Gasteiger partial charge < -0.3 is 29.6 Å². The van der Waals surface area contributed by atoms with Gasteiger partial charge in [0.05, 0.1) is 24.7 Å². The van der Waals surface area contributed by atoms with Gasteiger partial charge in [0.25, 0.3) is 0 Å². The lowest BCUT2D eigenvalue weighted by atomic mass is 9.99. The van der Waals surface area contributed by atoms with Crippen LogP contribution in [0.5, 0.6) is 11.5 Å². The lowest BCUT2D eigenvalue weighted by molar-refractivity contribution is -0.0497.